The fourth-order valence-corrected chi connectivity index (χ4v) is 6.31. The largest absolute Gasteiger partial charge is 0.496 e. The molecule has 5 rings (SSSR count). The van der Waals surface area contributed by atoms with E-state index in [1.807, 2.05) is 43.3 Å². The van der Waals surface area contributed by atoms with Crippen LogP contribution in [0.4, 0.5) is 0 Å². The molecule has 9 nitrogen and oxygen atoms in total. The number of hydrogen-bond acceptors (Lipinski definition) is 9. The summed E-state index contributed by atoms with van der Waals surface area (Å²) in [5.74, 6) is 0.108. The van der Waals surface area contributed by atoms with E-state index in [0.29, 0.717) is 44.1 Å². The van der Waals surface area contributed by atoms with Crippen LogP contribution in [0.2, 0.25) is 0 Å². The second kappa shape index (κ2) is 13.7. The Bertz CT molecular complexity index is 1900. The van der Waals surface area contributed by atoms with Crippen molar-refractivity contribution in [2.24, 2.45) is 4.99 Å². The van der Waals surface area contributed by atoms with Crippen molar-refractivity contribution in [1.82, 2.24) is 4.57 Å². The first-order valence-corrected chi connectivity index (χ1v) is 15.4. The van der Waals surface area contributed by atoms with Gasteiger partial charge in [-0.15, -0.1) is 0 Å². The van der Waals surface area contributed by atoms with Crippen molar-refractivity contribution in [3.63, 3.8) is 0 Å². The summed E-state index contributed by atoms with van der Waals surface area (Å²) >= 11 is 1.26. The maximum absolute atomic E-state index is 14.2. The van der Waals surface area contributed by atoms with Crippen molar-refractivity contribution >= 4 is 40.1 Å². The number of methoxy groups -OCH3 is 1. The minimum Gasteiger partial charge on any atom is -0.496 e. The highest BCUT2D eigenvalue weighted by molar-refractivity contribution is 7.07. The van der Waals surface area contributed by atoms with Crippen LogP contribution in [-0.2, 0) is 19.1 Å². The van der Waals surface area contributed by atoms with E-state index in [2.05, 4.69) is 0 Å². The van der Waals surface area contributed by atoms with E-state index in [-0.39, 0.29) is 25.4 Å². The van der Waals surface area contributed by atoms with E-state index >= 15 is 0 Å². The molecule has 4 aromatic rings. The van der Waals surface area contributed by atoms with Gasteiger partial charge in [-0.3, -0.25) is 9.36 Å². The van der Waals surface area contributed by atoms with Gasteiger partial charge in [-0.2, -0.15) is 0 Å². The number of thiazole rings is 1. The highest BCUT2D eigenvalue weighted by atomic mass is 32.1. The normalized spacial score (nSPS) is 14.6. The maximum Gasteiger partial charge on any atom is 0.344 e. The third kappa shape index (κ3) is 6.16. The lowest BCUT2D eigenvalue weighted by atomic mass is 9.90. The summed E-state index contributed by atoms with van der Waals surface area (Å²) in [5, 5.41) is 1.82. The van der Waals surface area contributed by atoms with Crippen LogP contribution in [-0.4, -0.2) is 43.4 Å². The molecule has 0 unspecified atom stereocenters. The molecule has 0 amide bonds. The molecular weight excluding hydrogens is 580 g/mol. The van der Waals surface area contributed by atoms with Gasteiger partial charge in [-0.25, -0.2) is 14.6 Å². The molecule has 0 aliphatic carbocycles. The SMILES string of the molecule is CCCC1=C(C(=O)OCC)[C@@H](c2c(OC)ccc3ccccc23)n2c(s/c(=C\c3ccc(OCC(=O)OCC)cc3)c2=O)=N1. The van der Waals surface area contributed by atoms with Crippen LogP contribution in [0, 0.1) is 0 Å². The van der Waals surface area contributed by atoms with Crippen molar-refractivity contribution in [1.29, 1.82) is 0 Å². The lowest BCUT2D eigenvalue weighted by molar-refractivity contribution is -0.145. The summed E-state index contributed by atoms with van der Waals surface area (Å²) in [7, 11) is 1.58. The lowest BCUT2D eigenvalue weighted by Crippen LogP contribution is -2.40. The van der Waals surface area contributed by atoms with E-state index in [0.717, 1.165) is 22.8 Å². The summed E-state index contributed by atoms with van der Waals surface area (Å²) in [4.78, 5) is 44.8. The number of nitrogens with zero attached hydrogens (tertiary/aromatic N) is 2. The van der Waals surface area contributed by atoms with E-state index in [1.165, 1.54) is 11.3 Å². The third-order valence-electron chi connectivity index (χ3n) is 7.16. The number of fused-ring (bicyclic) bond motifs is 2. The van der Waals surface area contributed by atoms with Gasteiger partial charge < -0.3 is 18.9 Å². The van der Waals surface area contributed by atoms with Gasteiger partial charge in [0.15, 0.2) is 11.4 Å². The number of esters is 2. The third-order valence-corrected chi connectivity index (χ3v) is 8.14. The van der Waals surface area contributed by atoms with E-state index in [4.69, 9.17) is 23.9 Å². The average molecular weight is 615 g/mol. The zero-order valence-corrected chi connectivity index (χ0v) is 25.9. The quantitative estimate of drug-likeness (QED) is 0.226. The van der Waals surface area contributed by atoms with E-state index in [1.54, 1.807) is 55.9 Å². The fourth-order valence-electron chi connectivity index (χ4n) is 5.29. The molecule has 228 valence electrons. The molecule has 0 bridgehead atoms. The molecule has 2 heterocycles. The Morgan fingerprint density at radius 1 is 0.977 bits per heavy atom. The summed E-state index contributed by atoms with van der Waals surface area (Å²) in [6.45, 7) is 5.80. The number of hydrogen-bond donors (Lipinski definition) is 0. The summed E-state index contributed by atoms with van der Waals surface area (Å²) in [6.07, 6.45) is 3.07. The number of benzene rings is 3. The molecule has 0 spiro atoms. The second-order valence-electron chi connectivity index (χ2n) is 9.98. The molecule has 0 fully saturated rings. The molecule has 10 heteroatoms. The summed E-state index contributed by atoms with van der Waals surface area (Å²) in [5.41, 5.74) is 2.12. The topological polar surface area (TPSA) is 105 Å². The lowest BCUT2D eigenvalue weighted by Gasteiger charge is -2.28. The molecule has 0 saturated carbocycles. The smallest absolute Gasteiger partial charge is 0.344 e. The minimum absolute atomic E-state index is 0.186. The van der Waals surface area contributed by atoms with Gasteiger partial charge >= 0.3 is 11.9 Å². The van der Waals surface area contributed by atoms with Gasteiger partial charge in [0.2, 0.25) is 0 Å². The molecule has 3 aromatic carbocycles. The molecule has 1 atom stereocenters. The Labute approximate surface area is 258 Å². The predicted molar refractivity (Wildman–Crippen MR) is 169 cm³/mol. The molecule has 0 N–H and O–H groups in total. The number of rotatable bonds is 11. The van der Waals surface area contributed by atoms with Crippen molar-refractivity contribution < 1.29 is 28.5 Å². The van der Waals surface area contributed by atoms with Crippen LogP contribution >= 0.6 is 11.3 Å². The molecule has 0 saturated heterocycles. The maximum atomic E-state index is 14.2. The standard InChI is InChI=1S/C34H34N2O7S/c1-5-10-25-30(33(39)42-7-3)31(29-24-12-9-8-11-22(24)15-18-26(29)40-4)36-32(38)27(44-34(36)35-25)19-21-13-16-23(17-14-21)43-20-28(37)41-6-2/h8-9,11-19,31H,5-7,10,20H2,1-4H3/b27-19-/t31-/m1/s1. The minimum atomic E-state index is -0.811. The first-order valence-electron chi connectivity index (χ1n) is 14.6. The van der Waals surface area contributed by atoms with Crippen molar-refractivity contribution in [3.8, 4) is 11.5 Å². The zero-order valence-electron chi connectivity index (χ0n) is 25.1. The summed E-state index contributed by atoms with van der Waals surface area (Å²) < 4.78 is 23.8. The number of ether oxygens (including phenoxy) is 4. The van der Waals surface area contributed by atoms with Gasteiger partial charge in [-0.05, 0) is 60.9 Å². The Kier molecular flexibility index (Phi) is 9.59. The van der Waals surface area contributed by atoms with Gasteiger partial charge in [-0.1, -0.05) is 67.1 Å². The average Bonchev–Trinajstić information content (AvgIpc) is 3.33. The van der Waals surface area contributed by atoms with Crippen molar-refractivity contribution in [2.75, 3.05) is 26.9 Å². The van der Waals surface area contributed by atoms with Crippen molar-refractivity contribution in [2.45, 2.75) is 39.7 Å². The van der Waals surface area contributed by atoms with Crippen LogP contribution in [0.25, 0.3) is 16.8 Å². The molecule has 1 aliphatic rings. The van der Waals surface area contributed by atoms with E-state index in [9.17, 15) is 14.4 Å². The first kappa shape index (κ1) is 30.7. The first-order chi connectivity index (χ1) is 21.4. The summed E-state index contributed by atoms with van der Waals surface area (Å²) in [6, 6.07) is 17.9. The van der Waals surface area contributed by atoms with Crippen LogP contribution in [0.3, 0.4) is 0 Å². The predicted octanol–water partition coefficient (Wildman–Crippen LogP) is 4.68. The Balaban J connectivity index is 1.68. The number of carbonyl (C=O) groups is 2. The monoisotopic (exact) mass is 614 g/mol. The van der Waals surface area contributed by atoms with Gasteiger partial charge in [0.05, 0.1) is 36.1 Å². The van der Waals surface area contributed by atoms with Gasteiger partial charge in [0, 0.05) is 5.56 Å². The Morgan fingerprint density at radius 2 is 1.73 bits per heavy atom. The van der Waals surface area contributed by atoms with E-state index < -0.39 is 18.0 Å². The van der Waals surface area contributed by atoms with Gasteiger partial charge in [0.1, 0.15) is 17.5 Å². The number of carbonyl (C=O) groups excluding carboxylic acids is 2. The fraction of sp³-hybridized carbons (Fsp3) is 0.294. The Hall–Kier alpha value is -4.70. The van der Waals surface area contributed by atoms with Gasteiger partial charge in [0.25, 0.3) is 5.56 Å². The molecule has 1 aliphatic heterocycles. The van der Waals surface area contributed by atoms with Crippen LogP contribution in [0.5, 0.6) is 11.5 Å². The Morgan fingerprint density at radius 3 is 2.43 bits per heavy atom. The molecule has 1 aromatic heterocycles. The highest BCUT2D eigenvalue weighted by Crippen LogP contribution is 2.41. The molecular formula is C34H34N2O7S. The number of aromatic nitrogens is 1. The second-order valence-corrected chi connectivity index (χ2v) is 11.0. The number of allylic oxidation sites excluding steroid dienone is 1. The highest BCUT2D eigenvalue weighted by Gasteiger charge is 2.37. The van der Waals surface area contributed by atoms with Crippen LogP contribution in [0.1, 0.15) is 50.8 Å². The van der Waals surface area contributed by atoms with Crippen LogP contribution in [0.15, 0.2) is 81.7 Å². The molecule has 44 heavy (non-hydrogen) atoms. The molecule has 0 radical (unpaired) electrons. The van der Waals surface area contributed by atoms with Crippen LogP contribution < -0.4 is 24.4 Å². The zero-order chi connectivity index (χ0) is 31.2. The van der Waals surface area contributed by atoms with Crippen molar-refractivity contribution in [3.05, 3.63) is 103 Å².